The lowest BCUT2D eigenvalue weighted by atomic mass is 10.3. The van der Waals surface area contributed by atoms with E-state index in [4.69, 9.17) is 16.0 Å². The Morgan fingerprint density at radius 1 is 1.16 bits per heavy atom. The van der Waals surface area contributed by atoms with Gasteiger partial charge in [-0.3, -0.25) is 4.98 Å². The van der Waals surface area contributed by atoms with Crippen molar-refractivity contribution in [1.82, 2.24) is 9.29 Å². The Kier molecular flexibility index (Phi) is 5.58. The normalized spacial score (nSPS) is 11.8. The molecule has 0 aliphatic heterocycles. The number of furan rings is 1. The quantitative estimate of drug-likeness (QED) is 0.566. The van der Waals surface area contributed by atoms with Crippen molar-refractivity contribution in [2.24, 2.45) is 0 Å². The summed E-state index contributed by atoms with van der Waals surface area (Å²) in [6.45, 7) is 0.250. The number of hydrogen-bond donors (Lipinski definition) is 0. The lowest BCUT2D eigenvalue weighted by Crippen LogP contribution is -2.30. The van der Waals surface area contributed by atoms with Gasteiger partial charge in [0.25, 0.3) is 0 Å². The van der Waals surface area contributed by atoms with E-state index in [0.717, 1.165) is 5.56 Å². The van der Waals surface area contributed by atoms with Gasteiger partial charge < -0.3 is 4.42 Å². The summed E-state index contributed by atoms with van der Waals surface area (Å²) in [7, 11) is -3.83. The molecule has 0 amide bonds. The Bertz CT molecular complexity index is 947. The van der Waals surface area contributed by atoms with Crippen molar-refractivity contribution < 1.29 is 12.8 Å². The van der Waals surface area contributed by atoms with Crippen LogP contribution in [-0.4, -0.2) is 17.7 Å². The maximum Gasteiger partial charge on any atom is 0.245 e. The van der Waals surface area contributed by atoms with E-state index in [2.05, 4.69) is 20.9 Å². The molecule has 8 heteroatoms. The van der Waals surface area contributed by atoms with Crippen molar-refractivity contribution in [1.29, 1.82) is 0 Å². The standard InChI is InChI=1S/C17H14BrClN2O3S/c18-14-5-6-17(16(19)9-14)25(22,23)21(12-15-4-2-8-24-15)11-13-3-1-7-20-10-13/h1-10H,11-12H2. The maximum absolute atomic E-state index is 13.2. The number of benzene rings is 1. The van der Waals surface area contributed by atoms with Gasteiger partial charge in [0.1, 0.15) is 10.7 Å². The number of aromatic nitrogens is 1. The van der Waals surface area contributed by atoms with E-state index in [-0.39, 0.29) is 23.0 Å². The van der Waals surface area contributed by atoms with E-state index in [1.165, 1.54) is 16.6 Å². The molecular formula is C17H14BrClN2O3S. The van der Waals surface area contributed by atoms with Crippen LogP contribution < -0.4 is 0 Å². The van der Waals surface area contributed by atoms with Crippen LogP contribution >= 0.6 is 27.5 Å². The summed E-state index contributed by atoms with van der Waals surface area (Å²) in [6, 6.07) is 11.7. The first-order valence-electron chi connectivity index (χ1n) is 7.33. The predicted octanol–water partition coefficient (Wildman–Crippen LogP) is 4.48. The molecule has 3 rings (SSSR count). The second-order valence-corrected chi connectivity index (χ2v) is 8.52. The third-order valence-electron chi connectivity index (χ3n) is 3.51. The minimum absolute atomic E-state index is 0.0489. The summed E-state index contributed by atoms with van der Waals surface area (Å²) >= 11 is 9.46. The van der Waals surface area contributed by atoms with E-state index in [0.29, 0.717) is 10.2 Å². The summed E-state index contributed by atoms with van der Waals surface area (Å²) in [5.74, 6) is 0.542. The smallest absolute Gasteiger partial charge is 0.245 e. The fourth-order valence-electron chi connectivity index (χ4n) is 2.32. The van der Waals surface area contributed by atoms with Crippen LogP contribution in [0.3, 0.4) is 0 Å². The average Bonchev–Trinajstić information content (AvgIpc) is 3.08. The zero-order valence-corrected chi connectivity index (χ0v) is 16.1. The van der Waals surface area contributed by atoms with Gasteiger partial charge in [-0.1, -0.05) is 33.6 Å². The molecule has 3 aromatic rings. The summed E-state index contributed by atoms with van der Waals surface area (Å²) < 4.78 is 33.7. The molecule has 0 spiro atoms. The van der Waals surface area contributed by atoms with E-state index in [1.54, 1.807) is 42.7 Å². The monoisotopic (exact) mass is 440 g/mol. The number of nitrogens with zero attached hydrogens (tertiary/aromatic N) is 2. The molecule has 0 unspecified atom stereocenters. The molecular weight excluding hydrogens is 428 g/mol. The summed E-state index contributed by atoms with van der Waals surface area (Å²) in [6.07, 6.45) is 4.78. The van der Waals surface area contributed by atoms with E-state index in [1.807, 2.05) is 6.07 Å². The van der Waals surface area contributed by atoms with Crippen molar-refractivity contribution in [3.8, 4) is 0 Å². The van der Waals surface area contributed by atoms with Gasteiger partial charge in [-0.25, -0.2) is 8.42 Å². The number of rotatable bonds is 6. The van der Waals surface area contributed by atoms with Crippen molar-refractivity contribution in [3.63, 3.8) is 0 Å². The summed E-state index contributed by atoms with van der Waals surface area (Å²) in [5, 5.41) is 0.157. The molecule has 0 saturated carbocycles. The number of hydrogen-bond acceptors (Lipinski definition) is 4. The first-order chi connectivity index (χ1) is 12.0. The Hall–Kier alpha value is -1.67. The molecule has 0 bridgehead atoms. The van der Waals surface area contributed by atoms with Crippen LogP contribution in [0, 0.1) is 0 Å². The zero-order chi connectivity index (χ0) is 17.9. The molecule has 2 heterocycles. The molecule has 5 nitrogen and oxygen atoms in total. The molecule has 130 valence electrons. The molecule has 0 aliphatic carbocycles. The van der Waals surface area contributed by atoms with Crippen LogP contribution in [0.2, 0.25) is 5.02 Å². The van der Waals surface area contributed by atoms with E-state index >= 15 is 0 Å². The second kappa shape index (κ2) is 7.70. The highest BCUT2D eigenvalue weighted by molar-refractivity contribution is 9.10. The van der Waals surface area contributed by atoms with Gasteiger partial charge >= 0.3 is 0 Å². The molecule has 1 aromatic carbocycles. The highest BCUT2D eigenvalue weighted by atomic mass is 79.9. The third kappa shape index (κ3) is 4.30. The fraction of sp³-hybridized carbons (Fsp3) is 0.118. The Morgan fingerprint density at radius 2 is 2.00 bits per heavy atom. The van der Waals surface area contributed by atoms with Crippen molar-refractivity contribution in [2.75, 3.05) is 0 Å². The Balaban J connectivity index is 1.99. The second-order valence-electron chi connectivity index (χ2n) is 5.29. The largest absolute Gasteiger partial charge is 0.468 e. The highest BCUT2D eigenvalue weighted by Gasteiger charge is 2.28. The van der Waals surface area contributed by atoms with Gasteiger partial charge in [0.2, 0.25) is 10.0 Å². The van der Waals surface area contributed by atoms with Gasteiger partial charge in [-0.15, -0.1) is 0 Å². The van der Waals surface area contributed by atoms with Gasteiger partial charge in [0, 0.05) is 23.4 Å². The fourth-order valence-corrected chi connectivity index (χ4v) is 4.73. The predicted molar refractivity (Wildman–Crippen MR) is 98.5 cm³/mol. The van der Waals surface area contributed by atoms with Crippen molar-refractivity contribution >= 4 is 37.6 Å². The summed E-state index contributed by atoms with van der Waals surface area (Å²) in [4.78, 5) is 4.09. The van der Waals surface area contributed by atoms with E-state index in [9.17, 15) is 8.42 Å². The number of sulfonamides is 1. The highest BCUT2D eigenvalue weighted by Crippen LogP contribution is 2.29. The number of pyridine rings is 1. The van der Waals surface area contributed by atoms with Crippen molar-refractivity contribution in [2.45, 2.75) is 18.0 Å². The van der Waals surface area contributed by atoms with Crippen LogP contribution in [-0.2, 0) is 23.1 Å². The van der Waals surface area contributed by atoms with Crippen LogP contribution in [0.25, 0.3) is 0 Å². The van der Waals surface area contributed by atoms with Crippen LogP contribution in [0.4, 0.5) is 0 Å². The van der Waals surface area contributed by atoms with Crippen LogP contribution in [0.1, 0.15) is 11.3 Å². The van der Waals surface area contributed by atoms with Gasteiger partial charge in [-0.05, 0) is 42.0 Å². The first kappa shape index (κ1) is 18.1. The number of halogens is 2. The zero-order valence-electron chi connectivity index (χ0n) is 13.0. The summed E-state index contributed by atoms with van der Waals surface area (Å²) in [5.41, 5.74) is 0.769. The molecule has 0 N–H and O–H groups in total. The molecule has 0 saturated heterocycles. The molecule has 25 heavy (non-hydrogen) atoms. The topological polar surface area (TPSA) is 63.4 Å². The minimum atomic E-state index is -3.83. The molecule has 0 fully saturated rings. The minimum Gasteiger partial charge on any atom is -0.468 e. The van der Waals surface area contributed by atoms with E-state index < -0.39 is 10.0 Å². The third-order valence-corrected chi connectivity index (χ3v) is 6.27. The van der Waals surface area contributed by atoms with Gasteiger partial charge in [0.05, 0.1) is 17.8 Å². The lowest BCUT2D eigenvalue weighted by molar-refractivity contribution is 0.358. The maximum atomic E-state index is 13.2. The first-order valence-corrected chi connectivity index (χ1v) is 9.94. The molecule has 0 aliphatic rings. The van der Waals surface area contributed by atoms with Gasteiger partial charge in [-0.2, -0.15) is 4.31 Å². The average molecular weight is 442 g/mol. The Labute approximate surface area is 159 Å². The van der Waals surface area contributed by atoms with Gasteiger partial charge in [0.15, 0.2) is 0 Å². The molecule has 2 aromatic heterocycles. The molecule has 0 atom stereocenters. The van der Waals surface area contributed by atoms with Crippen LogP contribution in [0.5, 0.6) is 0 Å². The SMILES string of the molecule is O=S(=O)(c1ccc(Br)cc1Cl)N(Cc1cccnc1)Cc1ccco1. The lowest BCUT2D eigenvalue weighted by Gasteiger charge is -2.22. The van der Waals surface area contributed by atoms with Crippen LogP contribution in [0.15, 0.2) is 74.9 Å². The Morgan fingerprint density at radius 3 is 2.64 bits per heavy atom. The molecule has 0 radical (unpaired) electrons. The van der Waals surface area contributed by atoms with Crippen molar-refractivity contribution in [3.05, 3.63) is 81.9 Å².